The van der Waals surface area contributed by atoms with Gasteiger partial charge in [0.1, 0.15) is 5.75 Å². The van der Waals surface area contributed by atoms with Crippen LogP contribution in [0.25, 0.3) is 16.9 Å². The van der Waals surface area contributed by atoms with Crippen LogP contribution in [-0.4, -0.2) is 86.7 Å². The molecule has 15 heteroatoms. The van der Waals surface area contributed by atoms with E-state index in [4.69, 9.17) is 15.6 Å². The van der Waals surface area contributed by atoms with Crippen LogP contribution in [0.2, 0.25) is 0 Å². The van der Waals surface area contributed by atoms with Crippen LogP contribution in [-0.2, 0) is 9.59 Å². The van der Waals surface area contributed by atoms with Gasteiger partial charge >= 0.3 is 6.61 Å². The van der Waals surface area contributed by atoms with Gasteiger partial charge in [0.05, 0.1) is 18.0 Å². The Morgan fingerprint density at radius 2 is 1.85 bits per heavy atom. The lowest BCUT2D eigenvalue weighted by Crippen LogP contribution is -2.45. The highest BCUT2D eigenvalue weighted by molar-refractivity contribution is 5.96. The summed E-state index contributed by atoms with van der Waals surface area (Å²) < 4.78 is 31.3. The predicted octanol–water partition coefficient (Wildman–Crippen LogP) is 3.04. The number of aromatic nitrogens is 3. The second-order valence-corrected chi connectivity index (χ2v) is 10.5. The van der Waals surface area contributed by atoms with Crippen LogP contribution in [0.4, 0.5) is 20.3 Å². The van der Waals surface area contributed by atoms with Crippen molar-refractivity contribution in [1.29, 1.82) is 0 Å². The summed E-state index contributed by atoms with van der Waals surface area (Å²) in [5.41, 5.74) is 9.54. The third-order valence-corrected chi connectivity index (χ3v) is 7.46. The maximum absolute atomic E-state index is 13.3. The van der Waals surface area contributed by atoms with E-state index in [9.17, 15) is 23.5 Å². The molecule has 0 spiro atoms. The molecule has 2 aromatic carbocycles. The molecule has 1 saturated heterocycles. The molecular formula is C31H35F2N7O6. The number of likely N-dealkylation sites (tertiary alicyclic amines) is 1. The van der Waals surface area contributed by atoms with Gasteiger partial charge in [-0.2, -0.15) is 8.78 Å². The number of fused-ring (bicyclic) bond motifs is 1. The van der Waals surface area contributed by atoms with Crippen LogP contribution in [0, 0.1) is 12.8 Å². The molecule has 3 heterocycles. The number of nitrogens with two attached hydrogens (primary N) is 1. The fourth-order valence-corrected chi connectivity index (χ4v) is 5.11. The number of ether oxygens (including phenoxy) is 1. The number of aryl methyl sites for hydroxylation is 1. The van der Waals surface area contributed by atoms with Crippen molar-refractivity contribution in [2.75, 3.05) is 31.5 Å². The number of amides is 2. The number of carboxylic acid groups (broad SMARTS) is 1. The summed E-state index contributed by atoms with van der Waals surface area (Å²) in [4.78, 5) is 44.8. The van der Waals surface area contributed by atoms with Crippen molar-refractivity contribution in [3.05, 3.63) is 72.2 Å². The Balaban J connectivity index is 0.00000154. The third-order valence-electron chi connectivity index (χ3n) is 7.46. The van der Waals surface area contributed by atoms with Gasteiger partial charge in [0.25, 0.3) is 12.4 Å². The number of alkyl halides is 2. The number of carbonyl (C=O) groups is 3. The van der Waals surface area contributed by atoms with E-state index in [2.05, 4.69) is 25.3 Å². The number of halogens is 2. The van der Waals surface area contributed by atoms with E-state index in [0.29, 0.717) is 43.0 Å². The van der Waals surface area contributed by atoms with Crippen LogP contribution >= 0.6 is 0 Å². The quantitative estimate of drug-likeness (QED) is 0.162. The lowest BCUT2D eigenvalue weighted by atomic mass is 9.95. The Morgan fingerprint density at radius 3 is 2.48 bits per heavy atom. The molecule has 46 heavy (non-hydrogen) atoms. The monoisotopic (exact) mass is 639 g/mol. The number of imidazole rings is 1. The summed E-state index contributed by atoms with van der Waals surface area (Å²) in [5.74, 6) is 0.144. The zero-order chi connectivity index (χ0) is 33.2. The fraction of sp³-hybridized carbons (Fsp3) is 0.323. The van der Waals surface area contributed by atoms with Crippen molar-refractivity contribution in [3.63, 3.8) is 0 Å². The minimum Gasteiger partial charge on any atom is -0.483 e. The van der Waals surface area contributed by atoms with Crippen molar-refractivity contribution >= 4 is 35.4 Å². The lowest BCUT2D eigenvalue weighted by Gasteiger charge is -2.32. The number of benzene rings is 2. The SMILES string of the molecule is Cc1cc(Nc2nccn3c(-c4ccc(OC(F)F)cc4)cnc23)ccc1C(=O)N1CCC(C(=O)NC[C@H](O)CN)CC1.O=CO. The Labute approximate surface area is 263 Å². The van der Waals surface area contributed by atoms with Gasteiger partial charge in [-0.05, 0) is 67.8 Å². The van der Waals surface area contributed by atoms with Crippen molar-refractivity contribution in [2.24, 2.45) is 11.7 Å². The third kappa shape index (κ3) is 8.31. The average molecular weight is 640 g/mol. The fourth-order valence-electron chi connectivity index (χ4n) is 5.11. The Hall–Kier alpha value is -5.15. The summed E-state index contributed by atoms with van der Waals surface area (Å²) in [6.45, 7) is -0.145. The van der Waals surface area contributed by atoms with Gasteiger partial charge in [-0.3, -0.25) is 18.8 Å². The maximum Gasteiger partial charge on any atom is 0.387 e. The second kappa shape index (κ2) is 15.7. The minimum absolute atomic E-state index is 0.0707. The molecule has 0 unspecified atom stereocenters. The zero-order valence-corrected chi connectivity index (χ0v) is 25.0. The molecule has 1 fully saturated rings. The van der Waals surface area contributed by atoms with E-state index < -0.39 is 12.7 Å². The molecule has 0 aliphatic carbocycles. The Bertz CT molecular complexity index is 1640. The first kappa shape index (κ1) is 33.7. The van der Waals surface area contributed by atoms with E-state index in [1.54, 1.807) is 47.8 Å². The van der Waals surface area contributed by atoms with Gasteiger partial charge in [0.2, 0.25) is 5.91 Å². The molecule has 13 nitrogen and oxygen atoms in total. The molecule has 5 rings (SSSR count). The normalized spacial score (nSPS) is 13.9. The van der Waals surface area contributed by atoms with Crippen molar-refractivity contribution in [1.82, 2.24) is 24.6 Å². The lowest BCUT2D eigenvalue weighted by molar-refractivity contribution is -0.126. The van der Waals surface area contributed by atoms with E-state index in [1.807, 2.05) is 17.4 Å². The number of rotatable bonds is 10. The molecular weight excluding hydrogens is 604 g/mol. The summed E-state index contributed by atoms with van der Waals surface area (Å²) >= 11 is 0. The van der Waals surface area contributed by atoms with Gasteiger partial charge < -0.3 is 36.2 Å². The number of piperidine rings is 1. The highest BCUT2D eigenvalue weighted by Crippen LogP contribution is 2.28. The van der Waals surface area contributed by atoms with E-state index in [-0.39, 0.29) is 43.0 Å². The molecule has 4 aromatic rings. The van der Waals surface area contributed by atoms with Crippen LogP contribution in [0.3, 0.4) is 0 Å². The Morgan fingerprint density at radius 1 is 1.15 bits per heavy atom. The number of aliphatic hydroxyl groups is 1. The van der Waals surface area contributed by atoms with Crippen LogP contribution in [0.15, 0.2) is 61.1 Å². The van der Waals surface area contributed by atoms with Crippen LogP contribution < -0.4 is 21.1 Å². The highest BCUT2D eigenvalue weighted by Gasteiger charge is 2.28. The maximum atomic E-state index is 13.3. The summed E-state index contributed by atoms with van der Waals surface area (Å²) in [7, 11) is 0. The number of hydrogen-bond donors (Lipinski definition) is 5. The minimum atomic E-state index is -2.89. The van der Waals surface area contributed by atoms with Crippen LogP contribution in [0.1, 0.15) is 28.8 Å². The molecule has 0 saturated carbocycles. The molecule has 2 amide bonds. The topological polar surface area (TPSA) is 184 Å². The highest BCUT2D eigenvalue weighted by atomic mass is 19.3. The molecule has 1 aliphatic heterocycles. The molecule has 6 N–H and O–H groups in total. The molecule has 244 valence electrons. The summed E-state index contributed by atoms with van der Waals surface area (Å²) in [6, 6.07) is 11.8. The van der Waals surface area contributed by atoms with Crippen molar-refractivity contribution in [2.45, 2.75) is 32.5 Å². The van der Waals surface area contributed by atoms with Crippen molar-refractivity contribution < 1.29 is 38.1 Å². The molecule has 1 atom stereocenters. The Kier molecular flexibility index (Phi) is 11.5. The zero-order valence-electron chi connectivity index (χ0n) is 25.0. The second-order valence-electron chi connectivity index (χ2n) is 10.5. The van der Waals surface area contributed by atoms with Gasteiger partial charge in [0.15, 0.2) is 11.5 Å². The summed E-state index contributed by atoms with van der Waals surface area (Å²) in [5, 5.41) is 22.5. The molecule has 1 aliphatic rings. The van der Waals surface area contributed by atoms with Crippen LogP contribution in [0.5, 0.6) is 5.75 Å². The summed E-state index contributed by atoms with van der Waals surface area (Å²) in [6.07, 6.45) is 5.39. The first-order valence-corrected chi connectivity index (χ1v) is 14.4. The first-order valence-electron chi connectivity index (χ1n) is 14.4. The van der Waals surface area contributed by atoms with Gasteiger partial charge in [-0.15, -0.1) is 0 Å². The number of carbonyl (C=O) groups excluding carboxylic acids is 2. The molecule has 0 bridgehead atoms. The van der Waals surface area contributed by atoms with E-state index in [1.165, 1.54) is 12.1 Å². The smallest absolute Gasteiger partial charge is 0.387 e. The number of hydrogen-bond acceptors (Lipinski definition) is 9. The number of anilines is 2. The number of aliphatic hydroxyl groups excluding tert-OH is 1. The largest absolute Gasteiger partial charge is 0.483 e. The van der Waals surface area contributed by atoms with Gasteiger partial charge in [-0.1, -0.05) is 0 Å². The van der Waals surface area contributed by atoms with Gasteiger partial charge in [-0.25, -0.2) is 9.97 Å². The van der Waals surface area contributed by atoms with Crippen molar-refractivity contribution in [3.8, 4) is 17.0 Å². The average Bonchev–Trinajstić information content (AvgIpc) is 3.49. The van der Waals surface area contributed by atoms with E-state index in [0.717, 1.165) is 22.5 Å². The number of nitrogens with one attached hydrogen (secondary N) is 2. The molecule has 2 aromatic heterocycles. The number of nitrogens with zero attached hydrogens (tertiary/aromatic N) is 4. The first-order chi connectivity index (χ1) is 22.1. The standard InChI is InChI=1S/C30H33F2N7O4.CH2O2/c1-18-14-21(4-7-24(18)29(42)38-11-8-20(9-12-38)28(41)36-16-22(40)15-33)37-26-27-35-17-25(39(27)13-10-34-26)19-2-5-23(6-3-19)43-30(31)32;2-1-3/h2-7,10,13-14,17,20,22,30,40H,8-9,11-12,15-16,33H2,1H3,(H,34,37)(H,36,41);1H,(H,2,3)/t22-;/m1./s1. The predicted molar refractivity (Wildman–Crippen MR) is 165 cm³/mol. The van der Waals surface area contributed by atoms with Gasteiger partial charge in [0, 0.05) is 61.3 Å². The molecule has 0 radical (unpaired) electrons. The van der Waals surface area contributed by atoms with E-state index >= 15 is 0 Å².